The third kappa shape index (κ3) is 5.01. The van der Waals surface area contributed by atoms with Gasteiger partial charge in [-0.25, -0.2) is 4.98 Å². The molecule has 1 aliphatic heterocycles. The number of nitrogens with one attached hydrogen (secondary N) is 1. The van der Waals surface area contributed by atoms with Crippen LogP contribution in [0.3, 0.4) is 0 Å². The number of morpholine rings is 1. The summed E-state index contributed by atoms with van der Waals surface area (Å²) in [6.45, 7) is 2.85. The first-order valence-corrected chi connectivity index (χ1v) is 8.88. The number of hydrogen-bond acceptors (Lipinski definition) is 5. The van der Waals surface area contributed by atoms with Crippen LogP contribution in [0.5, 0.6) is 11.6 Å². The van der Waals surface area contributed by atoms with Crippen molar-refractivity contribution in [3.63, 3.8) is 0 Å². The average molecular weight is 406 g/mol. The third-order valence-corrected chi connectivity index (χ3v) is 4.40. The molecule has 3 rings (SSSR count). The lowest BCUT2D eigenvalue weighted by molar-refractivity contribution is -0.0175. The van der Waals surface area contributed by atoms with E-state index in [1.54, 1.807) is 18.3 Å². The van der Waals surface area contributed by atoms with E-state index in [1.807, 2.05) is 31.3 Å². The molecule has 6 nitrogen and oxygen atoms in total. The molecule has 1 aromatic heterocycles. The Morgan fingerprint density at radius 3 is 2.96 bits per heavy atom. The maximum atomic E-state index is 12.5. The molecule has 25 heavy (non-hydrogen) atoms. The van der Waals surface area contributed by atoms with Crippen molar-refractivity contribution in [3.8, 4) is 11.6 Å². The molecular formula is C18H20BrN3O3. The molecule has 2 heterocycles. The predicted octanol–water partition coefficient (Wildman–Crippen LogP) is 2.70. The molecule has 0 bridgehead atoms. The van der Waals surface area contributed by atoms with E-state index in [0.717, 1.165) is 17.6 Å². The normalized spacial score (nSPS) is 17.9. The van der Waals surface area contributed by atoms with Gasteiger partial charge in [0, 0.05) is 30.3 Å². The SMILES string of the molecule is CN1CCO[C@@H](CNC(=O)c2cccnc2Oc2ccc(Br)cc2)C1. The topological polar surface area (TPSA) is 63.7 Å². The van der Waals surface area contributed by atoms with Crippen molar-refractivity contribution in [2.24, 2.45) is 0 Å². The van der Waals surface area contributed by atoms with Gasteiger partial charge in [0.1, 0.15) is 11.3 Å². The Hall–Kier alpha value is -1.96. The zero-order chi connectivity index (χ0) is 17.6. The van der Waals surface area contributed by atoms with Gasteiger partial charge in [-0.1, -0.05) is 15.9 Å². The van der Waals surface area contributed by atoms with Crippen LogP contribution in [-0.2, 0) is 4.74 Å². The fourth-order valence-corrected chi connectivity index (χ4v) is 2.82. The second-order valence-electron chi connectivity index (χ2n) is 5.88. The largest absolute Gasteiger partial charge is 0.438 e. The van der Waals surface area contributed by atoms with E-state index in [9.17, 15) is 4.79 Å². The van der Waals surface area contributed by atoms with Crippen LogP contribution in [0.4, 0.5) is 0 Å². The molecule has 1 atom stereocenters. The Kier molecular flexibility index (Phi) is 6.01. The van der Waals surface area contributed by atoms with Crippen LogP contribution in [0.1, 0.15) is 10.4 Å². The number of halogens is 1. The Labute approximate surface area is 155 Å². The number of pyridine rings is 1. The quantitative estimate of drug-likeness (QED) is 0.828. The first-order valence-electron chi connectivity index (χ1n) is 8.08. The van der Waals surface area contributed by atoms with Crippen molar-refractivity contribution < 1.29 is 14.3 Å². The van der Waals surface area contributed by atoms with Crippen LogP contribution in [0, 0.1) is 0 Å². The molecule has 1 aromatic carbocycles. The van der Waals surface area contributed by atoms with Crippen LogP contribution < -0.4 is 10.1 Å². The molecule has 1 saturated heterocycles. The van der Waals surface area contributed by atoms with Gasteiger partial charge in [-0.3, -0.25) is 4.79 Å². The summed E-state index contributed by atoms with van der Waals surface area (Å²) in [5.74, 6) is 0.675. The maximum absolute atomic E-state index is 12.5. The number of hydrogen-bond donors (Lipinski definition) is 1. The maximum Gasteiger partial charge on any atom is 0.256 e. The number of likely N-dealkylation sites (N-methyl/N-ethyl adjacent to an activating group) is 1. The summed E-state index contributed by atoms with van der Waals surface area (Å²) in [5, 5.41) is 2.91. The van der Waals surface area contributed by atoms with Gasteiger partial charge in [0.25, 0.3) is 5.91 Å². The molecule has 2 aromatic rings. The fraction of sp³-hybridized carbons (Fsp3) is 0.333. The molecule has 0 radical (unpaired) electrons. The predicted molar refractivity (Wildman–Crippen MR) is 98.0 cm³/mol. The molecule has 7 heteroatoms. The molecule has 132 valence electrons. The van der Waals surface area contributed by atoms with Crippen molar-refractivity contribution in [2.45, 2.75) is 6.10 Å². The summed E-state index contributed by atoms with van der Waals surface area (Å²) in [5.41, 5.74) is 0.398. The van der Waals surface area contributed by atoms with E-state index in [0.29, 0.717) is 24.5 Å². The van der Waals surface area contributed by atoms with Gasteiger partial charge < -0.3 is 19.7 Å². The van der Waals surface area contributed by atoms with E-state index >= 15 is 0 Å². The standard InChI is InChI=1S/C18H20BrN3O3/c1-22-9-10-24-15(12-22)11-21-17(23)16-3-2-8-20-18(16)25-14-6-4-13(19)5-7-14/h2-8,15H,9-12H2,1H3,(H,21,23)/t15-/m0/s1. The monoisotopic (exact) mass is 405 g/mol. The Morgan fingerprint density at radius 1 is 1.40 bits per heavy atom. The third-order valence-electron chi connectivity index (χ3n) is 3.88. The smallest absolute Gasteiger partial charge is 0.256 e. The Morgan fingerprint density at radius 2 is 2.20 bits per heavy atom. The highest BCUT2D eigenvalue weighted by Gasteiger charge is 2.20. The number of aromatic nitrogens is 1. The van der Waals surface area contributed by atoms with Gasteiger partial charge in [0.15, 0.2) is 0 Å². The van der Waals surface area contributed by atoms with Gasteiger partial charge in [0.2, 0.25) is 5.88 Å². The first kappa shape index (κ1) is 17.8. The lowest BCUT2D eigenvalue weighted by Crippen LogP contribution is -2.45. The molecule has 0 saturated carbocycles. The summed E-state index contributed by atoms with van der Waals surface area (Å²) in [6, 6.07) is 10.8. The number of carbonyl (C=O) groups is 1. The van der Waals surface area contributed by atoms with E-state index in [4.69, 9.17) is 9.47 Å². The van der Waals surface area contributed by atoms with Crippen molar-refractivity contribution >= 4 is 21.8 Å². The second-order valence-corrected chi connectivity index (χ2v) is 6.79. The highest BCUT2D eigenvalue weighted by atomic mass is 79.9. The molecule has 0 unspecified atom stereocenters. The van der Waals surface area contributed by atoms with E-state index in [2.05, 4.69) is 31.1 Å². The minimum absolute atomic E-state index is 0.00443. The van der Waals surface area contributed by atoms with Crippen LogP contribution in [-0.4, -0.2) is 55.2 Å². The summed E-state index contributed by atoms with van der Waals surface area (Å²) >= 11 is 3.38. The van der Waals surface area contributed by atoms with E-state index in [-0.39, 0.29) is 17.9 Å². The second kappa shape index (κ2) is 8.42. The molecule has 0 spiro atoms. The number of nitrogens with zero attached hydrogens (tertiary/aromatic N) is 2. The summed E-state index contributed by atoms with van der Waals surface area (Å²) in [4.78, 5) is 18.9. The Balaban J connectivity index is 1.65. The molecule has 0 aliphatic carbocycles. The van der Waals surface area contributed by atoms with Crippen molar-refractivity contribution in [3.05, 3.63) is 52.6 Å². The van der Waals surface area contributed by atoms with Crippen LogP contribution >= 0.6 is 15.9 Å². The zero-order valence-electron chi connectivity index (χ0n) is 13.9. The number of ether oxygens (including phenoxy) is 2. The molecule has 1 N–H and O–H groups in total. The van der Waals surface area contributed by atoms with E-state index < -0.39 is 0 Å². The number of benzene rings is 1. The van der Waals surface area contributed by atoms with Gasteiger partial charge in [-0.05, 0) is 43.4 Å². The summed E-state index contributed by atoms with van der Waals surface area (Å²) in [6.07, 6.45) is 1.60. The minimum atomic E-state index is -0.225. The minimum Gasteiger partial charge on any atom is -0.438 e. The first-order chi connectivity index (χ1) is 12.1. The molecule has 1 amide bonds. The summed E-state index contributed by atoms with van der Waals surface area (Å²) < 4.78 is 12.4. The Bertz CT molecular complexity index is 724. The van der Waals surface area contributed by atoms with Crippen LogP contribution in [0.25, 0.3) is 0 Å². The number of amides is 1. The van der Waals surface area contributed by atoms with Crippen LogP contribution in [0.15, 0.2) is 47.1 Å². The number of rotatable bonds is 5. The van der Waals surface area contributed by atoms with Gasteiger partial charge in [-0.15, -0.1) is 0 Å². The lowest BCUT2D eigenvalue weighted by atomic mass is 10.2. The number of carbonyl (C=O) groups excluding carboxylic acids is 1. The van der Waals surface area contributed by atoms with Crippen molar-refractivity contribution in [2.75, 3.05) is 33.3 Å². The molecular weight excluding hydrogens is 386 g/mol. The summed E-state index contributed by atoms with van der Waals surface area (Å²) in [7, 11) is 2.04. The van der Waals surface area contributed by atoms with Gasteiger partial charge in [-0.2, -0.15) is 0 Å². The highest BCUT2D eigenvalue weighted by Crippen LogP contribution is 2.24. The lowest BCUT2D eigenvalue weighted by Gasteiger charge is -2.30. The van der Waals surface area contributed by atoms with Crippen molar-refractivity contribution in [1.82, 2.24) is 15.2 Å². The van der Waals surface area contributed by atoms with E-state index in [1.165, 1.54) is 0 Å². The fourth-order valence-electron chi connectivity index (χ4n) is 2.55. The molecule has 1 aliphatic rings. The average Bonchev–Trinajstić information content (AvgIpc) is 2.62. The molecule has 1 fully saturated rings. The highest BCUT2D eigenvalue weighted by molar-refractivity contribution is 9.10. The van der Waals surface area contributed by atoms with Crippen molar-refractivity contribution in [1.29, 1.82) is 0 Å². The van der Waals surface area contributed by atoms with Gasteiger partial charge >= 0.3 is 0 Å². The van der Waals surface area contributed by atoms with Crippen LogP contribution in [0.2, 0.25) is 0 Å². The van der Waals surface area contributed by atoms with Gasteiger partial charge in [0.05, 0.1) is 12.7 Å². The zero-order valence-corrected chi connectivity index (χ0v) is 15.5.